The number of hydrogen-bond acceptors (Lipinski definition) is 5. The molecule has 2 aromatic carbocycles. The molecule has 4 rings (SSSR count). The van der Waals surface area contributed by atoms with E-state index in [-0.39, 0.29) is 23.0 Å². The topological polar surface area (TPSA) is 58.4 Å². The van der Waals surface area contributed by atoms with Crippen LogP contribution in [0.4, 0.5) is 4.39 Å². The zero-order valence-corrected chi connectivity index (χ0v) is 19.5. The number of carbonyl (C=O) groups excluding carboxylic acids is 1. The first-order chi connectivity index (χ1) is 15.3. The van der Waals surface area contributed by atoms with Gasteiger partial charge in [0.2, 0.25) is 5.91 Å². The third-order valence-corrected chi connectivity index (χ3v) is 7.05. The minimum atomic E-state index is -0.309. The second-order valence-electron chi connectivity index (χ2n) is 7.92. The predicted molar refractivity (Wildman–Crippen MR) is 126 cm³/mol. The molecule has 0 bridgehead atoms. The van der Waals surface area contributed by atoms with Crippen molar-refractivity contribution in [3.8, 4) is 0 Å². The van der Waals surface area contributed by atoms with Crippen molar-refractivity contribution in [1.82, 2.24) is 19.4 Å². The van der Waals surface area contributed by atoms with Gasteiger partial charge in [-0.1, -0.05) is 41.1 Å². The van der Waals surface area contributed by atoms with Crippen molar-refractivity contribution >= 4 is 40.2 Å². The highest BCUT2D eigenvalue weighted by Crippen LogP contribution is 2.22. The first kappa shape index (κ1) is 22.8. The first-order valence-corrected chi connectivity index (χ1v) is 11.7. The number of hydrogen-bond donors (Lipinski definition) is 0. The number of aromatic nitrogens is 2. The molecule has 2 heterocycles. The number of amides is 1. The standard InChI is InChI=1S/C23H24ClFN4O2S/c1-15-6-7-20-16(12-15)22(31)27(2)23(26-20)32-14-21(30)29-10-8-28(9-11-29)13-17-18(24)4-3-5-19(17)25/h3-7,12H,8-11,13-14H2,1-2H3. The minimum absolute atomic E-state index is 0.00294. The number of nitrogens with zero attached hydrogens (tertiary/aromatic N) is 4. The maximum Gasteiger partial charge on any atom is 0.261 e. The lowest BCUT2D eigenvalue weighted by Gasteiger charge is -2.35. The zero-order chi connectivity index (χ0) is 22.8. The molecule has 0 atom stereocenters. The van der Waals surface area contributed by atoms with Crippen molar-refractivity contribution in [2.24, 2.45) is 7.05 Å². The summed E-state index contributed by atoms with van der Waals surface area (Å²) in [7, 11) is 1.68. The van der Waals surface area contributed by atoms with Crippen LogP contribution in [-0.4, -0.2) is 57.2 Å². The lowest BCUT2D eigenvalue weighted by Crippen LogP contribution is -2.49. The van der Waals surface area contributed by atoms with Crippen LogP contribution in [0.25, 0.3) is 10.9 Å². The normalized spacial score (nSPS) is 14.8. The molecule has 1 aromatic heterocycles. The monoisotopic (exact) mass is 474 g/mol. The van der Waals surface area contributed by atoms with Gasteiger partial charge in [-0.05, 0) is 31.2 Å². The molecule has 0 saturated carbocycles. The summed E-state index contributed by atoms with van der Waals surface area (Å²) in [6, 6.07) is 10.3. The summed E-state index contributed by atoms with van der Waals surface area (Å²) in [5.74, 6) is -0.107. The van der Waals surface area contributed by atoms with Crippen LogP contribution in [0.3, 0.4) is 0 Å². The van der Waals surface area contributed by atoms with Crippen LogP contribution in [0.1, 0.15) is 11.1 Å². The van der Waals surface area contributed by atoms with Gasteiger partial charge < -0.3 is 4.90 Å². The zero-order valence-electron chi connectivity index (χ0n) is 18.0. The third kappa shape index (κ3) is 4.82. The lowest BCUT2D eigenvalue weighted by atomic mass is 10.2. The Morgan fingerprint density at radius 1 is 1.19 bits per heavy atom. The molecule has 9 heteroatoms. The van der Waals surface area contributed by atoms with E-state index in [1.807, 2.05) is 25.1 Å². The number of piperazine rings is 1. The van der Waals surface area contributed by atoms with Crippen LogP contribution in [0, 0.1) is 12.7 Å². The van der Waals surface area contributed by atoms with Gasteiger partial charge in [-0.3, -0.25) is 19.1 Å². The molecule has 1 saturated heterocycles. The molecule has 168 valence electrons. The number of aryl methyl sites for hydroxylation is 1. The van der Waals surface area contributed by atoms with Crippen molar-refractivity contribution in [3.63, 3.8) is 0 Å². The second kappa shape index (κ2) is 9.60. The van der Waals surface area contributed by atoms with Gasteiger partial charge in [-0.2, -0.15) is 0 Å². The molecule has 1 aliphatic heterocycles. The Kier molecular flexibility index (Phi) is 6.83. The number of benzene rings is 2. The molecular weight excluding hydrogens is 451 g/mol. The summed E-state index contributed by atoms with van der Waals surface area (Å²) in [6.07, 6.45) is 0. The van der Waals surface area contributed by atoms with Crippen LogP contribution in [0.2, 0.25) is 5.02 Å². The molecular formula is C23H24ClFN4O2S. The molecule has 1 fully saturated rings. The molecule has 0 radical (unpaired) electrons. The summed E-state index contributed by atoms with van der Waals surface area (Å²) in [5, 5.41) is 1.52. The molecule has 6 nitrogen and oxygen atoms in total. The molecule has 1 aliphatic rings. The second-order valence-corrected chi connectivity index (χ2v) is 9.27. The van der Waals surface area contributed by atoms with Gasteiger partial charge in [-0.15, -0.1) is 0 Å². The predicted octanol–water partition coefficient (Wildman–Crippen LogP) is 3.47. The summed E-state index contributed by atoms with van der Waals surface area (Å²) >= 11 is 7.40. The van der Waals surface area contributed by atoms with Gasteiger partial charge >= 0.3 is 0 Å². The van der Waals surface area contributed by atoms with E-state index in [1.165, 1.54) is 22.4 Å². The van der Waals surface area contributed by atoms with E-state index in [9.17, 15) is 14.0 Å². The summed E-state index contributed by atoms with van der Waals surface area (Å²) < 4.78 is 15.5. The SMILES string of the molecule is Cc1ccc2nc(SCC(=O)N3CCN(Cc4c(F)cccc4Cl)CC3)n(C)c(=O)c2c1. The van der Waals surface area contributed by atoms with Crippen molar-refractivity contribution < 1.29 is 9.18 Å². The Bertz CT molecular complexity index is 1200. The fraction of sp³-hybridized carbons (Fsp3) is 0.348. The van der Waals surface area contributed by atoms with E-state index in [4.69, 9.17) is 11.6 Å². The van der Waals surface area contributed by atoms with Gasteiger partial charge in [0, 0.05) is 50.4 Å². The fourth-order valence-corrected chi connectivity index (χ4v) is 4.87. The highest BCUT2D eigenvalue weighted by Gasteiger charge is 2.23. The minimum Gasteiger partial charge on any atom is -0.339 e. The largest absolute Gasteiger partial charge is 0.339 e. The van der Waals surface area contributed by atoms with Crippen molar-refractivity contribution in [2.45, 2.75) is 18.6 Å². The fourth-order valence-electron chi connectivity index (χ4n) is 3.77. The number of halogens is 2. The van der Waals surface area contributed by atoms with Crippen LogP contribution in [0.15, 0.2) is 46.3 Å². The van der Waals surface area contributed by atoms with Crippen LogP contribution >= 0.6 is 23.4 Å². The van der Waals surface area contributed by atoms with Crippen LogP contribution in [0.5, 0.6) is 0 Å². The smallest absolute Gasteiger partial charge is 0.261 e. The van der Waals surface area contributed by atoms with Crippen LogP contribution in [-0.2, 0) is 18.4 Å². The molecule has 32 heavy (non-hydrogen) atoms. The first-order valence-electron chi connectivity index (χ1n) is 10.4. The van der Waals surface area contributed by atoms with Gasteiger partial charge in [0.1, 0.15) is 5.82 Å². The average Bonchev–Trinajstić information content (AvgIpc) is 2.78. The Balaban J connectivity index is 1.35. The van der Waals surface area contributed by atoms with E-state index >= 15 is 0 Å². The van der Waals surface area contributed by atoms with Crippen molar-refractivity contribution in [1.29, 1.82) is 0 Å². The van der Waals surface area contributed by atoms with Crippen molar-refractivity contribution in [2.75, 3.05) is 31.9 Å². The van der Waals surface area contributed by atoms with Gasteiger partial charge in [0.05, 0.1) is 16.7 Å². The van der Waals surface area contributed by atoms with E-state index in [2.05, 4.69) is 9.88 Å². The number of rotatable bonds is 5. The molecule has 3 aromatic rings. The van der Waals surface area contributed by atoms with E-state index in [0.717, 1.165) is 5.56 Å². The van der Waals surface area contributed by atoms with Crippen molar-refractivity contribution in [3.05, 3.63) is 68.7 Å². The Morgan fingerprint density at radius 2 is 1.94 bits per heavy atom. The number of carbonyl (C=O) groups is 1. The Morgan fingerprint density at radius 3 is 2.66 bits per heavy atom. The molecule has 1 amide bonds. The molecule has 0 unspecified atom stereocenters. The van der Waals surface area contributed by atoms with E-state index < -0.39 is 0 Å². The quantitative estimate of drug-likeness (QED) is 0.418. The maximum atomic E-state index is 14.0. The maximum absolute atomic E-state index is 14.0. The highest BCUT2D eigenvalue weighted by atomic mass is 35.5. The molecule has 0 N–H and O–H groups in total. The van der Waals surface area contributed by atoms with Gasteiger partial charge in [0.25, 0.3) is 5.56 Å². The number of thioether (sulfide) groups is 1. The lowest BCUT2D eigenvalue weighted by molar-refractivity contribution is -0.130. The summed E-state index contributed by atoms with van der Waals surface area (Å²) in [5.41, 5.74) is 2.01. The van der Waals surface area contributed by atoms with Crippen LogP contribution < -0.4 is 5.56 Å². The number of fused-ring (bicyclic) bond motifs is 1. The summed E-state index contributed by atoms with van der Waals surface area (Å²) in [6.45, 7) is 4.78. The molecule has 0 spiro atoms. The van der Waals surface area contributed by atoms with Gasteiger partial charge in [0.15, 0.2) is 5.16 Å². The Hall–Kier alpha value is -2.42. The summed E-state index contributed by atoms with van der Waals surface area (Å²) in [4.78, 5) is 33.9. The highest BCUT2D eigenvalue weighted by molar-refractivity contribution is 7.99. The molecule has 0 aliphatic carbocycles. The van der Waals surface area contributed by atoms with E-state index in [0.29, 0.717) is 59.4 Å². The van der Waals surface area contributed by atoms with Gasteiger partial charge in [-0.25, -0.2) is 9.37 Å². The Labute approximate surface area is 195 Å². The third-order valence-electron chi connectivity index (χ3n) is 5.68. The average molecular weight is 475 g/mol. The van der Waals surface area contributed by atoms with E-state index in [1.54, 1.807) is 24.1 Å².